The summed E-state index contributed by atoms with van der Waals surface area (Å²) in [6.07, 6.45) is 2.58. The molecule has 13 heavy (non-hydrogen) atoms. The standard InChI is InChI=1S/C9H13N3O/c1-7-4-6-12-8(11(7)2)3-5-10-9(12)13/h3,5,7H,4,6H2,1-2H3. The van der Waals surface area contributed by atoms with E-state index in [0.717, 1.165) is 18.8 Å². The van der Waals surface area contributed by atoms with Gasteiger partial charge in [0.25, 0.3) is 0 Å². The number of hydrogen-bond acceptors (Lipinski definition) is 3. The number of anilines is 1. The first-order valence-corrected chi connectivity index (χ1v) is 4.49. The van der Waals surface area contributed by atoms with E-state index in [-0.39, 0.29) is 5.69 Å². The van der Waals surface area contributed by atoms with E-state index in [4.69, 9.17) is 0 Å². The van der Waals surface area contributed by atoms with Crippen molar-refractivity contribution in [1.82, 2.24) is 9.55 Å². The Kier molecular flexibility index (Phi) is 1.83. The van der Waals surface area contributed by atoms with Crippen LogP contribution in [0.1, 0.15) is 13.3 Å². The van der Waals surface area contributed by atoms with Crippen molar-refractivity contribution >= 4 is 5.82 Å². The second kappa shape index (κ2) is 2.87. The van der Waals surface area contributed by atoms with Crippen molar-refractivity contribution < 1.29 is 0 Å². The summed E-state index contributed by atoms with van der Waals surface area (Å²) in [7, 11) is 2.01. The van der Waals surface area contributed by atoms with Crippen molar-refractivity contribution in [2.45, 2.75) is 25.9 Å². The number of aromatic nitrogens is 2. The van der Waals surface area contributed by atoms with Crippen LogP contribution in [0.2, 0.25) is 0 Å². The highest BCUT2D eigenvalue weighted by Crippen LogP contribution is 2.19. The van der Waals surface area contributed by atoms with Crippen LogP contribution in [0.3, 0.4) is 0 Å². The molecule has 1 aromatic rings. The zero-order chi connectivity index (χ0) is 9.42. The Hall–Kier alpha value is -1.32. The summed E-state index contributed by atoms with van der Waals surface area (Å²) in [6.45, 7) is 2.95. The molecule has 1 aliphatic heterocycles. The molecule has 2 rings (SSSR count). The van der Waals surface area contributed by atoms with Gasteiger partial charge in [-0.1, -0.05) is 0 Å². The summed E-state index contributed by atoms with van der Waals surface area (Å²) in [4.78, 5) is 17.2. The molecule has 0 radical (unpaired) electrons. The van der Waals surface area contributed by atoms with Crippen molar-refractivity contribution in [3.8, 4) is 0 Å². The highest BCUT2D eigenvalue weighted by Gasteiger charge is 2.19. The van der Waals surface area contributed by atoms with Gasteiger partial charge in [0.05, 0.1) is 0 Å². The molecule has 0 aliphatic carbocycles. The molecular formula is C9H13N3O. The van der Waals surface area contributed by atoms with E-state index in [1.165, 1.54) is 0 Å². The number of fused-ring (bicyclic) bond motifs is 1. The van der Waals surface area contributed by atoms with Gasteiger partial charge in [-0.3, -0.25) is 4.57 Å². The Morgan fingerprint density at radius 2 is 2.38 bits per heavy atom. The quantitative estimate of drug-likeness (QED) is 0.581. The van der Waals surface area contributed by atoms with E-state index in [1.54, 1.807) is 10.8 Å². The van der Waals surface area contributed by atoms with Gasteiger partial charge in [-0.2, -0.15) is 0 Å². The van der Waals surface area contributed by atoms with Crippen LogP contribution in [0.5, 0.6) is 0 Å². The van der Waals surface area contributed by atoms with E-state index >= 15 is 0 Å². The van der Waals surface area contributed by atoms with Crippen LogP contribution in [-0.2, 0) is 6.54 Å². The van der Waals surface area contributed by atoms with Crippen LogP contribution in [0, 0.1) is 0 Å². The van der Waals surface area contributed by atoms with E-state index in [2.05, 4.69) is 16.8 Å². The molecule has 1 unspecified atom stereocenters. The molecule has 2 heterocycles. The van der Waals surface area contributed by atoms with Gasteiger partial charge < -0.3 is 4.90 Å². The van der Waals surface area contributed by atoms with Crippen molar-refractivity contribution in [2.75, 3.05) is 11.9 Å². The Labute approximate surface area is 76.8 Å². The highest BCUT2D eigenvalue weighted by atomic mass is 16.1. The number of nitrogens with zero attached hydrogens (tertiary/aromatic N) is 3. The summed E-state index contributed by atoms with van der Waals surface area (Å²) in [6, 6.07) is 2.39. The average Bonchev–Trinajstić information content (AvgIpc) is 2.12. The monoisotopic (exact) mass is 179 g/mol. The molecule has 0 saturated heterocycles. The third kappa shape index (κ3) is 1.22. The third-order valence-electron chi connectivity index (χ3n) is 2.71. The molecular weight excluding hydrogens is 166 g/mol. The fraction of sp³-hybridized carbons (Fsp3) is 0.556. The molecule has 1 aromatic heterocycles. The molecule has 0 saturated carbocycles. The topological polar surface area (TPSA) is 38.1 Å². The lowest BCUT2D eigenvalue weighted by Gasteiger charge is -2.33. The van der Waals surface area contributed by atoms with Crippen LogP contribution in [-0.4, -0.2) is 22.6 Å². The maximum absolute atomic E-state index is 11.3. The van der Waals surface area contributed by atoms with Crippen molar-refractivity contribution in [2.24, 2.45) is 0 Å². The highest BCUT2D eigenvalue weighted by molar-refractivity contribution is 5.39. The van der Waals surface area contributed by atoms with E-state index in [1.807, 2.05) is 13.1 Å². The minimum atomic E-state index is -0.142. The lowest BCUT2D eigenvalue weighted by molar-refractivity contribution is 0.480. The smallest absolute Gasteiger partial charge is 0.349 e. The van der Waals surface area contributed by atoms with Crippen LogP contribution in [0.15, 0.2) is 17.1 Å². The lowest BCUT2D eigenvalue weighted by Crippen LogP contribution is -2.41. The van der Waals surface area contributed by atoms with Crippen molar-refractivity contribution in [3.05, 3.63) is 22.7 Å². The summed E-state index contributed by atoms with van der Waals surface area (Å²) >= 11 is 0. The summed E-state index contributed by atoms with van der Waals surface area (Å²) in [5.41, 5.74) is -0.142. The molecule has 1 atom stereocenters. The SMILES string of the molecule is CC1CCn2c(ccnc2=O)N1C. The molecule has 0 bridgehead atoms. The second-order valence-electron chi connectivity index (χ2n) is 3.49. The molecule has 70 valence electrons. The van der Waals surface area contributed by atoms with Gasteiger partial charge in [0.15, 0.2) is 0 Å². The fourth-order valence-corrected chi connectivity index (χ4v) is 1.68. The molecule has 0 fully saturated rings. The Morgan fingerprint density at radius 3 is 3.15 bits per heavy atom. The molecule has 1 aliphatic rings. The Balaban J connectivity index is 2.55. The van der Waals surface area contributed by atoms with Crippen LogP contribution < -0.4 is 10.6 Å². The van der Waals surface area contributed by atoms with Crippen molar-refractivity contribution in [1.29, 1.82) is 0 Å². The largest absolute Gasteiger partial charge is 0.358 e. The van der Waals surface area contributed by atoms with Gasteiger partial charge in [-0.15, -0.1) is 0 Å². The zero-order valence-corrected chi connectivity index (χ0v) is 7.90. The summed E-state index contributed by atoms with van der Waals surface area (Å²) < 4.78 is 1.72. The normalized spacial score (nSPS) is 21.4. The predicted molar refractivity (Wildman–Crippen MR) is 51.0 cm³/mol. The van der Waals surface area contributed by atoms with Gasteiger partial charge in [-0.25, -0.2) is 9.78 Å². The molecule has 0 amide bonds. The first-order chi connectivity index (χ1) is 6.20. The van der Waals surface area contributed by atoms with Crippen LogP contribution in [0.25, 0.3) is 0 Å². The number of hydrogen-bond donors (Lipinski definition) is 0. The minimum Gasteiger partial charge on any atom is -0.358 e. The van der Waals surface area contributed by atoms with Crippen LogP contribution in [0.4, 0.5) is 5.82 Å². The Bertz CT molecular complexity index is 371. The molecule has 0 N–H and O–H groups in total. The second-order valence-corrected chi connectivity index (χ2v) is 3.49. The van der Waals surface area contributed by atoms with E-state index in [0.29, 0.717) is 6.04 Å². The maximum Gasteiger partial charge on any atom is 0.349 e. The molecule has 4 heteroatoms. The van der Waals surface area contributed by atoms with Crippen LogP contribution >= 0.6 is 0 Å². The van der Waals surface area contributed by atoms with Gasteiger partial charge in [-0.05, 0) is 19.4 Å². The van der Waals surface area contributed by atoms with Crippen molar-refractivity contribution in [3.63, 3.8) is 0 Å². The molecule has 4 nitrogen and oxygen atoms in total. The molecule has 0 spiro atoms. The first kappa shape index (κ1) is 8.29. The van der Waals surface area contributed by atoms with Gasteiger partial charge in [0.2, 0.25) is 0 Å². The summed E-state index contributed by atoms with van der Waals surface area (Å²) in [5, 5.41) is 0. The van der Waals surface area contributed by atoms with Gasteiger partial charge >= 0.3 is 5.69 Å². The fourth-order valence-electron chi connectivity index (χ4n) is 1.68. The van der Waals surface area contributed by atoms with Gasteiger partial charge in [0, 0.05) is 25.8 Å². The minimum absolute atomic E-state index is 0.142. The van der Waals surface area contributed by atoms with E-state index < -0.39 is 0 Å². The average molecular weight is 179 g/mol. The molecule has 0 aromatic carbocycles. The van der Waals surface area contributed by atoms with E-state index in [9.17, 15) is 4.79 Å². The number of rotatable bonds is 0. The lowest BCUT2D eigenvalue weighted by atomic mass is 10.1. The zero-order valence-electron chi connectivity index (χ0n) is 7.90. The predicted octanol–water partition coefficient (Wildman–Crippen LogP) is 0.472. The summed E-state index contributed by atoms with van der Waals surface area (Å²) in [5.74, 6) is 0.971. The maximum atomic E-state index is 11.3. The third-order valence-corrected chi connectivity index (χ3v) is 2.71. The first-order valence-electron chi connectivity index (χ1n) is 4.49. The Morgan fingerprint density at radius 1 is 1.62 bits per heavy atom. The van der Waals surface area contributed by atoms with Gasteiger partial charge in [0.1, 0.15) is 5.82 Å².